The second kappa shape index (κ2) is 4.71. The van der Waals surface area contributed by atoms with Crippen LogP contribution in [0.25, 0.3) is 16.9 Å². The van der Waals surface area contributed by atoms with Gasteiger partial charge in [-0.3, -0.25) is 0 Å². The Labute approximate surface area is 125 Å². The second-order valence-corrected chi connectivity index (χ2v) is 5.54. The molecule has 0 bridgehead atoms. The van der Waals surface area contributed by atoms with Crippen LogP contribution < -0.4 is 0 Å². The molecular formula is C14H9Cl3N2. The lowest BCUT2D eigenvalue weighted by Crippen LogP contribution is -1.88. The summed E-state index contributed by atoms with van der Waals surface area (Å²) in [5.41, 5.74) is 3.48. The summed E-state index contributed by atoms with van der Waals surface area (Å²) in [6.45, 7) is 1.98. The molecule has 0 aliphatic carbocycles. The van der Waals surface area contributed by atoms with Gasteiger partial charge in [-0.15, -0.1) is 0 Å². The van der Waals surface area contributed by atoms with E-state index in [4.69, 9.17) is 34.8 Å². The lowest BCUT2D eigenvalue weighted by atomic mass is 10.1. The van der Waals surface area contributed by atoms with Crippen LogP contribution in [0.2, 0.25) is 15.1 Å². The van der Waals surface area contributed by atoms with Crippen molar-refractivity contribution in [3.63, 3.8) is 0 Å². The Morgan fingerprint density at radius 2 is 1.84 bits per heavy atom. The average molecular weight is 312 g/mol. The number of nitrogens with zero attached hydrogens (tertiary/aromatic N) is 2. The minimum absolute atomic E-state index is 0.531. The molecule has 96 valence electrons. The number of halogens is 3. The Balaban J connectivity index is 2.31. The van der Waals surface area contributed by atoms with Crippen LogP contribution in [0.15, 0.2) is 36.5 Å². The van der Waals surface area contributed by atoms with Gasteiger partial charge in [0.25, 0.3) is 0 Å². The molecule has 0 unspecified atom stereocenters. The third-order valence-electron chi connectivity index (χ3n) is 2.98. The van der Waals surface area contributed by atoms with Crippen molar-refractivity contribution >= 4 is 40.4 Å². The molecule has 0 radical (unpaired) electrons. The van der Waals surface area contributed by atoms with Crippen LogP contribution in [0.4, 0.5) is 0 Å². The molecule has 0 fully saturated rings. The van der Waals surface area contributed by atoms with Gasteiger partial charge >= 0.3 is 0 Å². The van der Waals surface area contributed by atoms with E-state index in [1.165, 1.54) is 0 Å². The van der Waals surface area contributed by atoms with Crippen LogP contribution in [-0.4, -0.2) is 9.38 Å². The number of fused-ring (bicyclic) bond motifs is 1. The normalized spacial score (nSPS) is 11.2. The summed E-state index contributed by atoms with van der Waals surface area (Å²) in [7, 11) is 0. The van der Waals surface area contributed by atoms with Gasteiger partial charge in [-0.05, 0) is 25.1 Å². The zero-order valence-electron chi connectivity index (χ0n) is 9.99. The smallest absolute Gasteiger partial charge is 0.156 e. The quantitative estimate of drug-likeness (QED) is 0.598. The van der Waals surface area contributed by atoms with Gasteiger partial charge in [-0.1, -0.05) is 46.9 Å². The van der Waals surface area contributed by atoms with E-state index in [0.29, 0.717) is 20.7 Å². The highest BCUT2D eigenvalue weighted by atomic mass is 35.5. The summed E-state index contributed by atoms with van der Waals surface area (Å²) in [5, 5.41) is 1.79. The Hall–Kier alpha value is -1.22. The molecule has 1 aromatic carbocycles. The van der Waals surface area contributed by atoms with Crippen molar-refractivity contribution in [1.29, 1.82) is 0 Å². The van der Waals surface area contributed by atoms with Gasteiger partial charge in [0.1, 0.15) is 0 Å². The Kier molecular flexibility index (Phi) is 3.17. The number of imidazole rings is 1. The largest absolute Gasteiger partial charge is 0.301 e. The first kappa shape index (κ1) is 12.8. The fourth-order valence-electron chi connectivity index (χ4n) is 2.10. The van der Waals surface area contributed by atoms with Gasteiger partial charge in [-0.2, -0.15) is 0 Å². The molecule has 2 nitrogen and oxygen atoms in total. The Morgan fingerprint density at radius 1 is 1.05 bits per heavy atom. The summed E-state index contributed by atoms with van der Waals surface area (Å²) in [6.07, 6.45) is 1.80. The van der Waals surface area contributed by atoms with E-state index in [0.717, 1.165) is 17.0 Å². The van der Waals surface area contributed by atoms with Crippen molar-refractivity contribution in [2.24, 2.45) is 0 Å². The highest BCUT2D eigenvalue weighted by molar-refractivity contribution is 6.36. The number of pyridine rings is 1. The molecule has 0 amide bonds. The minimum atomic E-state index is 0.531. The Bertz CT molecular complexity index is 778. The van der Waals surface area contributed by atoms with Gasteiger partial charge in [0, 0.05) is 22.5 Å². The topological polar surface area (TPSA) is 17.3 Å². The molecule has 0 N–H and O–H groups in total. The first-order valence-corrected chi connectivity index (χ1v) is 6.79. The average Bonchev–Trinajstić information content (AvgIpc) is 2.68. The van der Waals surface area contributed by atoms with Crippen LogP contribution >= 0.6 is 34.8 Å². The van der Waals surface area contributed by atoms with Crippen molar-refractivity contribution < 1.29 is 0 Å². The molecule has 0 spiro atoms. The lowest BCUT2D eigenvalue weighted by Gasteiger charge is -2.01. The molecule has 0 atom stereocenters. The Morgan fingerprint density at radius 3 is 2.58 bits per heavy atom. The number of benzene rings is 1. The van der Waals surface area contributed by atoms with E-state index >= 15 is 0 Å². The van der Waals surface area contributed by atoms with Crippen LogP contribution in [-0.2, 0) is 0 Å². The summed E-state index contributed by atoms with van der Waals surface area (Å²) in [4.78, 5) is 4.58. The summed E-state index contributed by atoms with van der Waals surface area (Å²) < 4.78 is 1.89. The van der Waals surface area contributed by atoms with Crippen LogP contribution in [0.1, 0.15) is 5.69 Å². The molecule has 0 aliphatic rings. The highest BCUT2D eigenvalue weighted by Gasteiger charge is 2.13. The van der Waals surface area contributed by atoms with E-state index in [1.807, 2.05) is 35.6 Å². The second-order valence-electron chi connectivity index (χ2n) is 4.26. The van der Waals surface area contributed by atoms with Crippen molar-refractivity contribution in [2.45, 2.75) is 6.92 Å². The van der Waals surface area contributed by atoms with Gasteiger partial charge in [0.2, 0.25) is 0 Å². The van der Waals surface area contributed by atoms with Crippen LogP contribution in [0, 0.1) is 6.92 Å². The maximum atomic E-state index is 6.17. The molecule has 0 saturated heterocycles. The third kappa shape index (κ3) is 2.20. The summed E-state index contributed by atoms with van der Waals surface area (Å²) >= 11 is 18.2. The van der Waals surface area contributed by atoms with Crippen molar-refractivity contribution in [1.82, 2.24) is 9.38 Å². The molecule has 2 heterocycles. The zero-order valence-corrected chi connectivity index (χ0v) is 12.3. The minimum Gasteiger partial charge on any atom is -0.301 e. The number of aromatic nitrogens is 2. The SMILES string of the molecule is Cc1c(-c2cccc(Cl)c2)nc2c(Cl)cc(Cl)cn12. The van der Waals surface area contributed by atoms with Gasteiger partial charge in [0.15, 0.2) is 5.65 Å². The van der Waals surface area contributed by atoms with Gasteiger partial charge in [0.05, 0.1) is 15.7 Å². The first-order chi connectivity index (χ1) is 9.06. The number of rotatable bonds is 1. The number of hydrogen-bond acceptors (Lipinski definition) is 1. The lowest BCUT2D eigenvalue weighted by molar-refractivity contribution is 1.11. The summed E-state index contributed by atoms with van der Waals surface area (Å²) in [5.74, 6) is 0. The number of hydrogen-bond donors (Lipinski definition) is 0. The van der Waals surface area contributed by atoms with Crippen molar-refractivity contribution in [2.75, 3.05) is 0 Å². The number of aryl methyl sites for hydroxylation is 1. The molecule has 0 saturated carbocycles. The van der Waals surface area contributed by atoms with Gasteiger partial charge in [-0.25, -0.2) is 4.98 Å². The van der Waals surface area contributed by atoms with E-state index in [9.17, 15) is 0 Å². The van der Waals surface area contributed by atoms with E-state index < -0.39 is 0 Å². The molecule has 5 heteroatoms. The molecule has 19 heavy (non-hydrogen) atoms. The maximum Gasteiger partial charge on any atom is 0.156 e. The predicted octanol–water partition coefficient (Wildman–Crippen LogP) is 5.27. The van der Waals surface area contributed by atoms with Crippen molar-refractivity contribution in [3.05, 3.63) is 57.3 Å². The van der Waals surface area contributed by atoms with Crippen LogP contribution in [0.3, 0.4) is 0 Å². The molecule has 3 aromatic rings. The predicted molar refractivity (Wildman–Crippen MR) is 80.4 cm³/mol. The molecule has 2 aromatic heterocycles. The molecular weight excluding hydrogens is 303 g/mol. The molecule has 0 aliphatic heterocycles. The van der Waals surface area contributed by atoms with E-state index in [1.54, 1.807) is 12.3 Å². The third-order valence-corrected chi connectivity index (χ3v) is 3.70. The fourth-order valence-corrected chi connectivity index (χ4v) is 2.80. The highest BCUT2D eigenvalue weighted by Crippen LogP contribution is 2.30. The van der Waals surface area contributed by atoms with Crippen molar-refractivity contribution in [3.8, 4) is 11.3 Å². The van der Waals surface area contributed by atoms with E-state index in [2.05, 4.69) is 4.98 Å². The van der Waals surface area contributed by atoms with Crippen LogP contribution in [0.5, 0.6) is 0 Å². The zero-order chi connectivity index (χ0) is 13.6. The fraction of sp³-hybridized carbons (Fsp3) is 0.0714. The monoisotopic (exact) mass is 310 g/mol. The maximum absolute atomic E-state index is 6.17. The summed E-state index contributed by atoms with van der Waals surface area (Å²) in [6, 6.07) is 9.27. The standard InChI is InChI=1S/C14H9Cl3N2/c1-8-13(9-3-2-4-10(15)5-9)18-14-12(17)6-11(16)7-19(8)14/h2-7H,1H3. The molecule has 3 rings (SSSR count). The van der Waals surface area contributed by atoms with E-state index in [-0.39, 0.29) is 0 Å². The first-order valence-electron chi connectivity index (χ1n) is 5.66. The van der Waals surface area contributed by atoms with Gasteiger partial charge < -0.3 is 4.40 Å².